The van der Waals surface area contributed by atoms with Crippen LogP contribution in [0.5, 0.6) is 0 Å². The molecule has 1 saturated heterocycles. The lowest BCUT2D eigenvalue weighted by Gasteiger charge is -2.46. The fourth-order valence-electron chi connectivity index (χ4n) is 3.20. The van der Waals surface area contributed by atoms with E-state index >= 15 is 0 Å². The first kappa shape index (κ1) is 18.5. The molecule has 0 spiro atoms. The first-order valence-electron chi connectivity index (χ1n) is 7.82. The standard InChI is InChI=1S/C17H30N4O/c1-15(2,3)20-14(22)12(10-18)11-19-13-8-16(4,5)21-17(6,7)9-13/h11,13,19,21H,8-9H2,1-7H3,(H,20,22)/b12-11-. The Morgan fingerprint density at radius 1 is 1.23 bits per heavy atom. The van der Waals surface area contributed by atoms with E-state index in [4.69, 9.17) is 0 Å². The largest absolute Gasteiger partial charge is 0.387 e. The highest BCUT2D eigenvalue weighted by Crippen LogP contribution is 2.28. The molecular formula is C17H30N4O. The zero-order valence-electron chi connectivity index (χ0n) is 14.9. The molecular weight excluding hydrogens is 276 g/mol. The maximum absolute atomic E-state index is 12.1. The molecule has 0 unspecified atom stereocenters. The van der Waals surface area contributed by atoms with Gasteiger partial charge in [0.25, 0.3) is 5.91 Å². The Hall–Kier alpha value is -1.54. The van der Waals surface area contributed by atoms with Gasteiger partial charge in [0.05, 0.1) is 0 Å². The minimum absolute atomic E-state index is 0.0216. The number of rotatable bonds is 3. The molecule has 0 aromatic carbocycles. The maximum Gasteiger partial charge on any atom is 0.263 e. The van der Waals surface area contributed by atoms with Gasteiger partial charge in [0.2, 0.25) is 0 Å². The van der Waals surface area contributed by atoms with Crippen LogP contribution < -0.4 is 16.0 Å². The van der Waals surface area contributed by atoms with Gasteiger partial charge in [0, 0.05) is 28.9 Å². The van der Waals surface area contributed by atoms with Gasteiger partial charge in [-0.25, -0.2) is 0 Å². The van der Waals surface area contributed by atoms with Gasteiger partial charge >= 0.3 is 0 Å². The van der Waals surface area contributed by atoms with Gasteiger partial charge in [-0.1, -0.05) is 0 Å². The van der Waals surface area contributed by atoms with E-state index in [-0.39, 0.29) is 34.1 Å². The Balaban J connectivity index is 2.76. The Morgan fingerprint density at radius 2 is 1.73 bits per heavy atom. The Kier molecular flexibility index (Phi) is 5.30. The topological polar surface area (TPSA) is 77.0 Å². The van der Waals surface area contributed by atoms with Crippen molar-refractivity contribution in [2.75, 3.05) is 0 Å². The van der Waals surface area contributed by atoms with Crippen LogP contribution in [0, 0.1) is 11.3 Å². The van der Waals surface area contributed by atoms with Crippen molar-refractivity contribution < 1.29 is 4.79 Å². The number of nitrogens with zero attached hydrogens (tertiary/aromatic N) is 1. The quantitative estimate of drug-likeness (QED) is 0.552. The SMILES string of the molecule is CC(C)(C)NC(=O)/C(C#N)=C\NC1CC(C)(C)NC(C)(C)C1. The summed E-state index contributed by atoms with van der Waals surface area (Å²) in [6.07, 6.45) is 3.43. The lowest BCUT2D eigenvalue weighted by Crippen LogP contribution is -2.61. The van der Waals surface area contributed by atoms with Gasteiger partial charge in [0.15, 0.2) is 0 Å². The predicted octanol–water partition coefficient (Wildman–Crippen LogP) is 2.21. The van der Waals surface area contributed by atoms with Crippen LogP contribution in [0.2, 0.25) is 0 Å². The molecule has 5 nitrogen and oxygen atoms in total. The second-order valence-corrected chi connectivity index (χ2v) is 8.54. The fraction of sp³-hybridized carbons (Fsp3) is 0.765. The van der Waals surface area contributed by atoms with Crippen LogP contribution in [-0.2, 0) is 4.79 Å². The van der Waals surface area contributed by atoms with Crippen molar-refractivity contribution >= 4 is 5.91 Å². The Morgan fingerprint density at radius 3 is 2.14 bits per heavy atom. The summed E-state index contributed by atoms with van der Waals surface area (Å²) in [6.45, 7) is 14.4. The van der Waals surface area contributed by atoms with E-state index in [9.17, 15) is 10.1 Å². The van der Waals surface area contributed by atoms with E-state index in [1.54, 1.807) is 6.20 Å². The molecule has 0 aromatic heterocycles. The summed E-state index contributed by atoms with van der Waals surface area (Å²) in [5.41, 5.74) is -0.197. The Bertz CT molecular complexity index is 476. The van der Waals surface area contributed by atoms with Gasteiger partial charge in [0.1, 0.15) is 11.6 Å². The van der Waals surface area contributed by atoms with Crippen LogP contribution in [-0.4, -0.2) is 28.6 Å². The molecule has 0 atom stereocenters. The first-order valence-corrected chi connectivity index (χ1v) is 7.82. The average Bonchev–Trinajstić information content (AvgIpc) is 2.22. The van der Waals surface area contributed by atoms with Gasteiger partial charge in [-0.2, -0.15) is 5.26 Å². The van der Waals surface area contributed by atoms with Gasteiger partial charge in [-0.05, 0) is 61.3 Å². The normalized spacial score (nSPS) is 21.8. The second kappa shape index (κ2) is 6.29. The van der Waals surface area contributed by atoms with Crippen LogP contribution >= 0.6 is 0 Å². The second-order valence-electron chi connectivity index (χ2n) is 8.54. The van der Waals surface area contributed by atoms with E-state index in [0.717, 1.165) is 12.8 Å². The van der Waals surface area contributed by atoms with E-state index in [1.807, 2.05) is 26.8 Å². The third kappa shape index (κ3) is 6.07. The van der Waals surface area contributed by atoms with Crippen molar-refractivity contribution in [3.63, 3.8) is 0 Å². The van der Waals surface area contributed by atoms with E-state index in [1.165, 1.54) is 0 Å². The molecule has 0 saturated carbocycles. The first-order chi connectivity index (χ1) is 9.84. The summed E-state index contributed by atoms with van der Waals surface area (Å²) >= 11 is 0. The lowest BCUT2D eigenvalue weighted by molar-refractivity contribution is -0.118. The summed E-state index contributed by atoms with van der Waals surface area (Å²) in [5, 5.41) is 18.9. The van der Waals surface area contributed by atoms with Crippen LogP contribution in [0.4, 0.5) is 0 Å². The molecule has 22 heavy (non-hydrogen) atoms. The summed E-state index contributed by atoms with van der Waals surface area (Å²) in [7, 11) is 0. The molecule has 1 rings (SSSR count). The molecule has 3 N–H and O–H groups in total. The molecule has 0 aliphatic carbocycles. The highest BCUT2D eigenvalue weighted by molar-refractivity contribution is 5.97. The highest BCUT2D eigenvalue weighted by atomic mass is 16.1. The predicted molar refractivity (Wildman–Crippen MR) is 89.0 cm³/mol. The number of amides is 1. The van der Waals surface area contributed by atoms with Crippen molar-refractivity contribution in [3.05, 3.63) is 11.8 Å². The lowest BCUT2D eigenvalue weighted by atomic mass is 9.79. The number of hydrogen-bond donors (Lipinski definition) is 3. The molecule has 0 bridgehead atoms. The molecule has 1 amide bonds. The van der Waals surface area contributed by atoms with Crippen LogP contribution in [0.1, 0.15) is 61.3 Å². The minimum atomic E-state index is -0.355. The third-order valence-corrected chi connectivity index (χ3v) is 3.51. The van der Waals surface area contributed by atoms with Crippen LogP contribution in [0.3, 0.4) is 0 Å². The minimum Gasteiger partial charge on any atom is -0.387 e. The van der Waals surface area contributed by atoms with Crippen molar-refractivity contribution in [1.29, 1.82) is 5.26 Å². The molecule has 1 heterocycles. The van der Waals surface area contributed by atoms with E-state index in [2.05, 4.69) is 43.6 Å². The van der Waals surface area contributed by atoms with Crippen molar-refractivity contribution in [2.24, 2.45) is 0 Å². The van der Waals surface area contributed by atoms with Crippen molar-refractivity contribution in [3.8, 4) is 6.07 Å². The summed E-state index contributed by atoms with van der Waals surface area (Å²) in [5.74, 6) is -0.338. The van der Waals surface area contributed by atoms with Gasteiger partial charge in [-0.15, -0.1) is 0 Å². The number of carbonyl (C=O) groups is 1. The fourth-order valence-corrected chi connectivity index (χ4v) is 3.20. The summed E-state index contributed by atoms with van der Waals surface area (Å²) < 4.78 is 0. The molecule has 0 radical (unpaired) electrons. The molecule has 0 aromatic rings. The summed E-state index contributed by atoms with van der Waals surface area (Å²) in [4.78, 5) is 12.1. The number of nitriles is 1. The number of hydrogen-bond acceptors (Lipinski definition) is 4. The number of nitrogens with one attached hydrogen (secondary N) is 3. The maximum atomic E-state index is 12.1. The van der Waals surface area contributed by atoms with E-state index in [0.29, 0.717) is 0 Å². The summed E-state index contributed by atoms with van der Waals surface area (Å²) in [6, 6.07) is 2.21. The molecule has 124 valence electrons. The monoisotopic (exact) mass is 306 g/mol. The van der Waals surface area contributed by atoms with Crippen LogP contribution in [0.25, 0.3) is 0 Å². The number of carbonyl (C=O) groups excluding carboxylic acids is 1. The zero-order chi connectivity index (χ0) is 17.2. The van der Waals surface area contributed by atoms with Crippen molar-refractivity contribution in [1.82, 2.24) is 16.0 Å². The van der Waals surface area contributed by atoms with Crippen LogP contribution in [0.15, 0.2) is 11.8 Å². The molecule has 5 heteroatoms. The highest BCUT2D eigenvalue weighted by Gasteiger charge is 2.37. The van der Waals surface area contributed by atoms with Gasteiger partial charge < -0.3 is 16.0 Å². The van der Waals surface area contributed by atoms with Crippen molar-refractivity contribution in [2.45, 2.75) is 84.0 Å². The van der Waals surface area contributed by atoms with E-state index < -0.39 is 0 Å². The number of piperidine rings is 1. The third-order valence-electron chi connectivity index (χ3n) is 3.51. The average molecular weight is 306 g/mol. The zero-order valence-corrected chi connectivity index (χ0v) is 14.9. The molecule has 1 aliphatic heterocycles. The molecule has 1 aliphatic rings. The smallest absolute Gasteiger partial charge is 0.263 e. The van der Waals surface area contributed by atoms with Gasteiger partial charge in [-0.3, -0.25) is 4.79 Å². The molecule has 1 fully saturated rings. The Labute approximate surface area is 134 Å².